The summed E-state index contributed by atoms with van der Waals surface area (Å²) in [5.74, 6) is -0.981. The number of carbonyl (C=O) groups is 2. The minimum Gasteiger partial charge on any atom is -0.507 e. The number of ether oxygens (including phenoxy) is 2. The number of aliphatic hydroxyl groups is 1. The molecule has 32 heavy (non-hydrogen) atoms. The van der Waals surface area contributed by atoms with Crippen molar-refractivity contribution in [3.05, 3.63) is 70.8 Å². The Morgan fingerprint density at radius 1 is 1.09 bits per heavy atom. The van der Waals surface area contributed by atoms with E-state index in [9.17, 15) is 14.7 Å². The molecule has 0 aromatic heterocycles. The third-order valence-corrected chi connectivity index (χ3v) is 5.59. The number of ketones is 1. The van der Waals surface area contributed by atoms with Crippen LogP contribution in [0.25, 0.3) is 5.76 Å². The van der Waals surface area contributed by atoms with Crippen LogP contribution in [0.1, 0.15) is 50.4 Å². The van der Waals surface area contributed by atoms with E-state index in [-0.39, 0.29) is 29.9 Å². The first-order chi connectivity index (χ1) is 15.2. The number of hydrogen-bond donors (Lipinski definition) is 1. The molecule has 1 amide bonds. The van der Waals surface area contributed by atoms with Crippen LogP contribution in [0, 0.1) is 0 Å². The third-order valence-electron chi connectivity index (χ3n) is 5.59. The van der Waals surface area contributed by atoms with Gasteiger partial charge in [-0.25, -0.2) is 0 Å². The number of carbonyl (C=O) groups excluding carboxylic acids is 2. The maximum Gasteiger partial charge on any atom is 0.295 e. The van der Waals surface area contributed by atoms with E-state index in [2.05, 4.69) is 20.8 Å². The Morgan fingerprint density at radius 2 is 1.78 bits per heavy atom. The Hall–Kier alpha value is -3.12. The van der Waals surface area contributed by atoms with E-state index < -0.39 is 17.7 Å². The smallest absolute Gasteiger partial charge is 0.295 e. The number of hydrogen-bond acceptors (Lipinski definition) is 5. The summed E-state index contributed by atoms with van der Waals surface area (Å²) in [6, 6.07) is 14.0. The monoisotopic (exact) mass is 437 g/mol. The minimum absolute atomic E-state index is 0.0316. The first kappa shape index (κ1) is 23.5. The molecule has 1 saturated heterocycles. The zero-order valence-electron chi connectivity index (χ0n) is 19.3. The molecule has 0 saturated carbocycles. The largest absolute Gasteiger partial charge is 0.507 e. The number of likely N-dealkylation sites (tertiary alicyclic amines) is 1. The molecular formula is C26H31NO5. The standard InChI is InChI=1S/C26H31NO5/c1-6-32-20-9-7-8-18(16-20)23(28)21-22(27(14-15-31-5)25(30)24(21)29)17-10-12-19(13-11-17)26(2,3)4/h7-13,16,22,28H,6,14-15H2,1-5H3. The van der Waals surface area contributed by atoms with Crippen molar-refractivity contribution in [2.75, 3.05) is 26.9 Å². The fourth-order valence-corrected chi connectivity index (χ4v) is 3.87. The van der Waals surface area contributed by atoms with Crippen molar-refractivity contribution in [1.82, 2.24) is 4.90 Å². The van der Waals surface area contributed by atoms with Crippen molar-refractivity contribution in [1.29, 1.82) is 0 Å². The molecule has 1 atom stereocenters. The Balaban J connectivity index is 2.13. The summed E-state index contributed by atoms with van der Waals surface area (Å²) in [5, 5.41) is 11.2. The number of benzene rings is 2. The molecule has 0 radical (unpaired) electrons. The molecule has 6 heteroatoms. The Labute approximate surface area is 189 Å². The highest BCUT2D eigenvalue weighted by atomic mass is 16.5. The molecule has 1 aliphatic heterocycles. The molecule has 1 aliphatic rings. The lowest BCUT2D eigenvalue weighted by atomic mass is 9.85. The van der Waals surface area contributed by atoms with Gasteiger partial charge in [0.1, 0.15) is 11.5 Å². The lowest BCUT2D eigenvalue weighted by molar-refractivity contribution is -0.140. The predicted molar refractivity (Wildman–Crippen MR) is 124 cm³/mol. The van der Waals surface area contributed by atoms with E-state index >= 15 is 0 Å². The van der Waals surface area contributed by atoms with Gasteiger partial charge in [0.05, 0.1) is 24.8 Å². The maximum absolute atomic E-state index is 13.0. The van der Waals surface area contributed by atoms with Crippen molar-refractivity contribution in [3.63, 3.8) is 0 Å². The van der Waals surface area contributed by atoms with Crippen molar-refractivity contribution in [2.24, 2.45) is 0 Å². The van der Waals surface area contributed by atoms with Crippen LogP contribution in [-0.4, -0.2) is 48.6 Å². The van der Waals surface area contributed by atoms with Crippen LogP contribution in [0.15, 0.2) is 54.1 Å². The quantitative estimate of drug-likeness (QED) is 0.393. The summed E-state index contributed by atoms with van der Waals surface area (Å²) in [7, 11) is 1.54. The van der Waals surface area contributed by atoms with Crippen LogP contribution < -0.4 is 4.74 Å². The van der Waals surface area contributed by atoms with E-state index in [1.54, 1.807) is 31.4 Å². The average Bonchev–Trinajstić information content (AvgIpc) is 3.02. The zero-order valence-corrected chi connectivity index (χ0v) is 19.3. The highest BCUT2D eigenvalue weighted by Gasteiger charge is 2.45. The fraction of sp³-hybridized carbons (Fsp3) is 0.385. The summed E-state index contributed by atoms with van der Waals surface area (Å²) >= 11 is 0. The van der Waals surface area contributed by atoms with Crippen LogP contribution >= 0.6 is 0 Å². The van der Waals surface area contributed by atoms with Gasteiger partial charge in [0.15, 0.2) is 0 Å². The molecular weight excluding hydrogens is 406 g/mol. The highest BCUT2D eigenvalue weighted by Crippen LogP contribution is 2.40. The molecule has 170 valence electrons. The van der Waals surface area contributed by atoms with Crippen LogP contribution in [0.2, 0.25) is 0 Å². The van der Waals surface area contributed by atoms with Crippen LogP contribution in [0.4, 0.5) is 0 Å². The molecule has 1 unspecified atom stereocenters. The molecule has 6 nitrogen and oxygen atoms in total. The Morgan fingerprint density at radius 3 is 2.38 bits per heavy atom. The first-order valence-electron chi connectivity index (χ1n) is 10.8. The van der Waals surface area contributed by atoms with Crippen LogP contribution in [-0.2, 0) is 19.7 Å². The summed E-state index contributed by atoms with van der Waals surface area (Å²) in [6.45, 7) is 9.24. The van der Waals surface area contributed by atoms with Gasteiger partial charge in [-0.3, -0.25) is 9.59 Å². The van der Waals surface area contributed by atoms with Gasteiger partial charge in [0, 0.05) is 19.2 Å². The second-order valence-electron chi connectivity index (χ2n) is 8.82. The SMILES string of the molecule is CCOc1cccc(C(O)=C2C(=O)C(=O)N(CCOC)C2c2ccc(C(C)(C)C)cc2)c1. The van der Waals surface area contributed by atoms with E-state index in [0.717, 1.165) is 11.1 Å². The lowest BCUT2D eigenvalue weighted by Crippen LogP contribution is -2.32. The van der Waals surface area contributed by atoms with Crippen molar-refractivity contribution < 1.29 is 24.2 Å². The predicted octanol–water partition coefficient (Wildman–Crippen LogP) is 4.45. The normalized spacial score (nSPS) is 18.3. The number of aliphatic hydroxyl groups excluding tert-OH is 1. The molecule has 3 rings (SSSR count). The summed E-state index contributed by atoms with van der Waals surface area (Å²) in [6.07, 6.45) is 0. The van der Waals surface area contributed by atoms with Gasteiger partial charge in [-0.05, 0) is 35.6 Å². The molecule has 0 bridgehead atoms. The zero-order chi connectivity index (χ0) is 23.5. The maximum atomic E-state index is 13.0. The number of methoxy groups -OCH3 is 1. The van der Waals surface area contributed by atoms with Crippen molar-refractivity contribution in [3.8, 4) is 5.75 Å². The van der Waals surface area contributed by atoms with Gasteiger partial charge < -0.3 is 19.5 Å². The third kappa shape index (κ3) is 4.70. The lowest BCUT2D eigenvalue weighted by Gasteiger charge is -2.26. The summed E-state index contributed by atoms with van der Waals surface area (Å²) < 4.78 is 10.7. The van der Waals surface area contributed by atoms with Gasteiger partial charge in [-0.1, -0.05) is 57.2 Å². The number of rotatable bonds is 7. The van der Waals surface area contributed by atoms with E-state index in [4.69, 9.17) is 9.47 Å². The Bertz CT molecular complexity index is 1020. The van der Waals surface area contributed by atoms with Crippen LogP contribution in [0.3, 0.4) is 0 Å². The van der Waals surface area contributed by atoms with Crippen molar-refractivity contribution >= 4 is 17.4 Å². The number of amides is 1. The number of Topliss-reactive ketones (excluding diaryl/α,β-unsaturated/α-hetero) is 1. The van der Waals surface area contributed by atoms with Crippen LogP contribution in [0.5, 0.6) is 5.75 Å². The highest BCUT2D eigenvalue weighted by molar-refractivity contribution is 6.46. The molecule has 1 N–H and O–H groups in total. The molecule has 0 aliphatic carbocycles. The van der Waals surface area contributed by atoms with Gasteiger partial charge >= 0.3 is 0 Å². The van der Waals surface area contributed by atoms with Crippen molar-refractivity contribution in [2.45, 2.75) is 39.2 Å². The summed E-state index contributed by atoms with van der Waals surface area (Å²) in [5.41, 5.74) is 2.37. The Kier molecular flexibility index (Phi) is 7.04. The molecule has 0 spiro atoms. The molecule has 2 aromatic rings. The number of nitrogens with zero attached hydrogens (tertiary/aromatic N) is 1. The second kappa shape index (κ2) is 9.57. The average molecular weight is 438 g/mol. The van der Waals surface area contributed by atoms with E-state index in [1.165, 1.54) is 4.90 Å². The topological polar surface area (TPSA) is 76.1 Å². The van der Waals surface area contributed by atoms with E-state index in [0.29, 0.717) is 17.9 Å². The molecule has 2 aromatic carbocycles. The summed E-state index contributed by atoms with van der Waals surface area (Å²) in [4.78, 5) is 27.4. The molecule has 1 heterocycles. The minimum atomic E-state index is -0.703. The molecule has 1 fully saturated rings. The van der Waals surface area contributed by atoms with Gasteiger partial charge in [-0.15, -0.1) is 0 Å². The van der Waals surface area contributed by atoms with E-state index in [1.807, 2.05) is 31.2 Å². The first-order valence-corrected chi connectivity index (χ1v) is 10.8. The fourth-order valence-electron chi connectivity index (χ4n) is 3.87. The second-order valence-corrected chi connectivity index (χ2v) is 8.82. The van der Waals surface area contributed by atoms with Gasteiger partial charge in [0.25, 0.3) is 11.7 Å². The van der Waals surface area contributed by atoms with Gasteiger partial charge in [0.2, 0.25) is 0 Å². The van der Waals surface area contributed by atoms with Gasteiger partial charge in [-0.2, -0.15) is 0 Å².